The molecule has 0 radical (unpaired) electrons. The largest absolute Gasteiger partial charge is 0.456 e. The molecule has 0 unspecified atom stereocenters. The minimum Gasteiger partial charge on any atom is -0.282 e. The molecule has 0 spiro atoms. The van der Waals surface area contributed by atoms with E-state index in [0.717, 1.165) is 6.07 Å². The summed E-state index contributed by atoms with van der Waals surface area (Å²) in [5.74, 6) is -2.15. The molecular formula is C7H3ClF3NO3S. The van der Waals surface area contributed by atoms with Crippen molar-refractivity contribution in [3.63, 3.8) is 0 Å². The second-order valence-corrected chi connectivity index (χ2v) is 5.21. The van der Waals surface area contributed by atoms with E-state index in [1.54, 1.807) is 0 Å². The van der Waals surface area contributed by atoms with Crippen LogP contribution in [0.5, 0.6) is 0 Å². The van der Waals surface area contributed by atoms with Gasteiger partial charge in [-0.05, 0) is 12.1 Å². The average molecular weight is 274 g/mol. The Morgan fingerprint density at radius 1 is 1.31 bits per heavy atom. The number of alkyl halides is 3. The Bertz CT molecular complexity index is 509. The van der Waals surface area contributed by atoms with Crippen LogP contribution in [0.1, 0.15) is 10.5 Å². The number of hydrogen-bond acceptors (Lipinski definition) is 4. The van der Waals surface area contributed by atoms with Crippen molar-refractivity contribution in [3.05, 3.63) is 24.0 Å². The molecule has 9 heteroatoms. The lowest BCUT2D eigenvalue weighted by Gasteiger charge is -2.04. The van der Waals surface area contributed by atoms with Crippen LogP contribution in [-0.2, 0) is 9.05 Å². The van der Waals surface area contributed by atoms with E-state index < -0.39 is 31.6 Å². The lowest BCUT2D eigenvalue weighted by atomic mass is 10.2. The fourth-order valence-corrected chi connectivity index (χ4v) is 1.49. The summed E-state index contributed by atoms with van der Waals surface area (Å²) >= 11 is 0. The molecule has 0 fully saturated rings. The number of pyridine rings is 1. The first-order chi connectivity index (χ1) is 7.12. The normalized spacial score (nSPS) is 12.5. The number of nitrogens with zero attached hydrogens (tertiary/aromatic N) is 1. The third kappa shape index (κ3) is 2.92. The first-order valence-corrected chi connectivity index (χ1v) is 5.95. The van der Waals surface area contributed by atoms with Crippen molar-refractivity contribution in [2.24, 2.45) is 0 Å². The van der Waals surface area contributed by atoms with Crippen molar-refractivity contribution in [3.8, 4) is 0 Å². The maximum absolute atomic E-state index is 11.9. The predicted molar refractivity (Wildman–Crippen MR) is 47.7 cm³/mol. The maximum atomic E-state index is 11.9. The van der Waals surface area contributed by atoms with Crippen molar-refractivity contribution < 1.29 is 26.4 Å². The predicted octanol–water partition coefficient (Wildman–Crippen LogP) is 1.75. The van der Waals surface area contributed by atoms with E-state index in [2.05, 4.69) is 4.98 Å². The van der Waals surface area contributed by atoms with Crippen molar-refractivity contribution in [1.82, 2.24) is 4.98 Å². The molecule has 1 heterocycles. The van der Waals surface area contributed by atoms with Crippen LogP contribution in [0.3, 0.4) is 0 Å². The highest BCUT2D eigenvalue weighted by Crippen LogP contribution is 2.21. The number of hydrogen-bond donors (Lipinski definition) is 0. The fraction of sp³-hybridized carbons (Fsp3) is 0.143. The smallest absolute Gasteiger partial charge is 0.282 e. The fourth-order valence-electron chi connectivity index (χ4n) is 0.804. The zero-order valence-corrected chi connectivity index (χ0v) is 8.90. The minimum atomic E-state index is -5.05. The van der Waals surface area contributed by atoms with Gasteiger partial charge in [0.25, 0.3) is 14.8 Å². The zero-order chi connectivity index (χ0) is 12.6. The van der Waals surface area contributed by atoms with Gasteiger partial charge < -0.3 is 0 Å². The van der Waals surface area contributed by atoms with E-state index >= 15 is 0 Å². The molecule has 0 bridgehead atoms. The molecule has 0 aliphatic heterocycles. The summed E-state index contributed by atoms with van der Waals surface area (Å²) in [5, 5.41) is 0. The van der Waals surface area contributed by atoms with E-state index in [1.807, 2.05) is 0 Å². The van der Waals surface area contributed by atoms with Gasteiger partial charge in [-0.15, -0.1) is 0 Å². The van der Waals surface area contributed by atoms with Crippen LogP contribution >= 0.6 is 10.7 Å². The Balaban J connectivity index is 3.10. The van der Waals surface area contributed by atoms with E-state index in [1.165, 1.54) is 0 Å². The number of carbonyl (C=O) groups is 1. The van der Waals surface area contributed by atoms with Gasteiger partial charge in [-0.2, -0.15) is 13.2 Å². The number of ketones is 1. The molecule has 1 rings (SSSR count). The topological polar surface area (TPSA) is 64.1 Å². The minimum absolute atomic E-state index is 0.479. The van der Waals surface area contributed by atoms with Crippen LogP contribution in [0.15, 0.2) is 23.2 Å². The summed E-state index contributed by atoms with van der Waals surface area (Å²) in [4.78, 5) is 13.3. The summed E-state index contributed by atoms with van der Waals surface area (Å²) in [6.07, 6.45) is -4.46. The number of carbonyl (C=O) groups excluding carboxylic acids is 1. The standard InChI is InChI=1S/C7H3ClF3NO3S/c8-16(14,15)4-1-2-5(12-3-4)6(13)7(9,10)11/h1-3H. The lowest BCUT2D eigenvalue weighted by Crippen LogP contribution is -2.23. The monoisotopic (exact) mass is 273 g/mol. The van der Waals surface area contributed by atoms with Gasteiger partial charge in [0.05, 0.1) is 0 Å². The molecular weight excluding hydrogens is 271 g/mol. The van der Waals surface area contributed by atoms with Gasteiger partial charge in [0.15, 0.2) is 0 Å². The Morgan fingerprint density at radius 3 is 2.19 bits per heavy atom. The molecule has 0 N–H and O–H groups in total. The second-order valence-electron chi connectivity index (χ2n) is 2.64. The van der Waals surface area contributed by atoms with Crippen molar-refractivity contribution in [2.45, 2.75) is 11.1 Å². The molecule has 0 aliphatic carbocycles. The third-order valence-corrected chi connectivity index (χ3v) is 2.85. The van der Waals surface area contributed by atoms with E-state index in [9.17, 15) is 26.4 Å². The van der Waals surface area contributed by atoms with Crippen LogP contribution in [0.4, 0.5) is 13.2 Å². The number of aromatic nitrogens is 1. The second kappa shape index (κ2) is 4.02. The van der Waals surface area contributed by atoms with Gasteiger partial charge in [-0.1, -0.05) is 0 Å². The Morgan fingerprint density at radius 2 is 1.88 bits per heavy atom. The molecule has 1 aromatic rings. The molecule has 0 atom stereocenters. The average Bonchev–Trinajstić information content (AvgIpc) is 2.14. The maximum Gasteiger partial charge on any atom is 0.456 e. The van der Waals surface area contributed by atoms with Gasteiger partial charge in [0.2, 0.25) is 0 Å². The highest BCUT2D eigenvalue weighted by Gasteiger charge is 2.40. The summed E-state index contributed by atoms with van der Waals surface area (Å²) in [6.45, 7) is 0. The zero-order valence-electron chi connectivity index (χ0n) is 7.32. The van der Waals surface area contributed by atoms with Crippen molar-refractivity contribution in [1.29, 1.82) is 0 Å². The molecule has 0 aromatic carbocycles. The molecule has 0 saturated heterocycles. The van der Waals surface area contributed by atoms with Crippen LogP contribution in [0.2, 0.25) is 0 Å². The van der Waals surface area contributed by atoms with Gasteiger partial charge in [0.1, 0.15) is 10.6 Å². The summed E-state index contributed by atoms with van der Waals surface area (Å²) in [5.41, 5.74) is -0.892. The first kappa shape index (κ1) is 12.9. The number of rotatable bonds is 2. The molecule has 4 nitrogen and oxygen atoms in total. The first-order valence-electron chi connectivity index (χ1n) is 3.64. The molecule has 16 heavy (non-hydrogen) atoms. The van der Waals surface area contributed by atoms with Crippen LogP contribution in [0, 0.1) is 0 Å². The van der Waals surface area contributed by atoms with Gasteiger partial charge in [0, 0.05) is 16.9 Å². The molecule has 0 aliphatic rings. The molecule has 0 saturated carbocycles. The van der Waals surface area contributed by atoms with Crippen LogP contribution in [-0.4, -0.2) is 25.4 Å². The highest BCUT2D eigenvalue weighted by molar-refractivity contribution is 8.13. The SMILES string of the molecule is O=C(c1ccc(S(=O)(=O)Cl)cn1)C(F)(F)F. The summed E-state index contributed by atoms with van der Waals surface area (Å²) < 4.78 is 57.3. The Kier molecular flexibility index (Phi) is 3.25. The Labute approximate surface area is 92.5 Å². The van der Waals surface area contributed by atoms with Crippen molar-refractivity contribution >= 4 is 25.5 Å². The lowest BCUT2D eigenvalue weighted by molar-refractivity contribution is -0.0888. The van der Waals surface area contributed by atoms with E-state index in [0.29, 0.717) is 12.3 Å². The van der Waals surface area contributed by atoms with Gasteiger partial charge >= 0.3 is 6.18 Å². The molecule has 0 amide bonds. The summed E-state index contributed by atoms with van der Waals surface area (Å²) in [7, 11) is 0.842. The van der Waals surface area contributed by atoms with E-state index in [-0.39, 0.29) is 0 Å². The summed E-state index contributed by atoms with van der Waals surface area (Å²) in [6, 6.07) is 1.42. The van der Waals surface area contributed by atoms with Gasteiger partial charge in [-0.3, -0.25) is 9.78 Å². The van der Waals surface area contributed by atoms with Crippen LogP contribution < -0.4 is 0 Å². The quantitative estimate of drug-likeness (QED) is 0.608. The van der Waals surface area contributed by atoms with Gasteiger partial charge in [-0.25, -0.2) is 8.42 Å². The highest BCUT2D eigenvalue weighted by atomic mass is 35.7. The number of halogens is 4. The van der Waals surface area contributed by atoms with E-state index in [4.69, 9.17) is 10.7 Å². The Hall–Kier alpha value is -1.15. The van der Waals surface area contributed by atoms with Crippen LogP contribution in [0.25, 0.3) is 0 Å². The molecule has 88 valence electrons. The van der Waals surface area contributed by atoms with Crippen molar-refractivity contribution in [2.75, 3.05) is 0 Å². The third-order valence-electron chi connectivity index (χ3n) is 1.51. The molecule has 1 aromatic heterocycles. The number of Topliss-reactive ketones (excluding diaryl/α,β-unsaturated/α-hetero) is 1.